The van der Waals surface area contributed by atoms with E-state index in [0.29, 0.717) is 36.0 Å². The Bertz CT molecular complexity index is 1280. The number of hydrogen-bond acceptors (Lipinski definition) is 5. The summed E-state index contributed by atoms with van der Waals surface area (Å²) < 4.78 is 11.5. The number of ether oxygens (including phenoxy) is 2. The van der Waals surface area contributed by atoms with Crippen LogP contribution in [0.4, 0.5) is 10.5 Å². The van der Waals surface area contributed by atoms with Gasteiger partial charge in [0.1, 0.15) is 23.7 Å². The largest absolute Gasteiger partial charge is 0.494 e. The molecular formula is C29H28N2O5. The molecule has 1 fully saturated rings. The summed E-state index contributed by atoms with van der Waals surface area (Å²) in [6.45, 7) is 5.13. The molecule has 1 aliphatic heterocycles. The van der Waals surface area contributed by atoms with Crippen molar-refractivity contribution < 1.29 is 23.9 Å². The highest BCUT2D eigenvalue weighted by Gasteiger charge is 2.36. The third-order valence-electron chi connectivity index (χ3n) is 5.64. The Morgan fingerprint density at radius 1 is 0.889 bits per heavy atom. The van der Waals surface area contributed by atoms with Crippen LogP contribution in [-0.2, 0) is 16.2 Å². The van der Waals surface area contributed by atoms with Gasteiger partial charge in [0, 0.05) is 0 Å². The van der Waals surface area contributed by atoms with Gasteiger partial charge in [0.05, 0.1) is 12.3 Å². The standard InChI is InChI=1S/C29H28N2O5/c1-3-4-16-35-24-14-10-23(11-15-24)31-28(33)26(27(32)30-29(31)34)18-21-8-12-25(13-9-21)36-19-22-7-5-6-20(2)17-22/h5-15,17-18H,3-4,16,19H2,1-2H3,(H,30,32,34)/b26-18-. The van der Waals surface area contributed by atoms with Crippen LogP contribution in [0.15, 0.2) is 78.4 Å². The summed E-state index contributed by atoms with van der Waals surface area (Å²) >= 11 is 0. The topological polar surface area (TPSA) is 84.9 Å². The van der Waals surface area contributed by atoms with Gasteiger partial charge in [0.2, 0.25) is 0 Å². The summed E-state index contributed by atoms with van der Waals surface area (Å²) in [6, 6.07) is 21.0. The minimum absolute atomic E-state index is 0.133. The zero-order chi connectivity index (χ0) is 25.5. The van der Waals surface area contributed by atoms with E-state index < -0.39 is 17.8 Å². The van der Waals surface area contributed by atoms with Gasteiger partial charge in [-0.05, 0) is 66.9 Å². The van der Waals surface area contributed by atoms with E-state index in [0.717, 1.165) is 28.9 Å². The van der Waals surface area contributed by atoms with Crippen molar-refractivity contribution in [3.63, 3.8) is 0 Å². The normalized spacial score (nSPS) is 14.7. The number of urea groups is 1. The second kappa shape index (κ2) is 11.4. The maximum atomic E-state index is 13.1. The number of carbonyl (C=O) groups is 3. The second-order valence-electron chi connectivity index (χ2n) is 8.50. The Labute approximate surface area is 210 Å². The van der Waals surface area contributed by atoms with Crippen LogP contribution in [0.25, 0.3) is 6.08 Å². The molecule has 36 heavy (non-hydrogen) atoms. The van der Waals surface area contributed by atoms with Gasteiger partial charge in [-0.3, -0.25) is 14.9 Å². The van der Waals surface area contributed by atoms with Crippen molar-refractivity contribution in [2.24, 2.45) is 0 Å². The quantitative estimate of drug-likeness (QED) is 0.249. The number of nitrogens with one attached hydrogen (secondary N) is 1. The van der Waals surface area contributed by atoms with Gasteiger partial charge in [-0.2, -0.15) is 0 Å². The molecule has 0 spiro atoms. The molecule has 3 aromatic rings. The van der Waals surface area contributed by atoms with Crippen LogP contribution in [-0.4, -0.2) is 24.5 Å². The number of unbranched alkanes of at least 4 members (excludes halogenated alkanes) is 1. The summed E-state index contributed by atoms with van der Waals surface area (Å²) in [5.41, 5.74) is 3.07. The molecule has 7 nitrogen and oxygen atoms in total. The predicted molar refractivity (Wildman–Crippen MR) is 138 cm³/mol. The van der Waals surface area contributed by atoms with Crippen molar-refractivity contribution in [1.82, 2.24) is 5.32 Å². The third kappa shape index (κ3) is 5.99. The lowest BCUT2D eigenvalue weighted by molar-refractivity contribution is -0.122. The van der Waals surface area contributed by atoms with Gasteiger partial charge in [-0.25, -0.2) is 9.69 Å². The average Bonchev–Trinajstić information content (AvgIpc) is 2.87. The molecule has 3 aromatic carbocycles. The zero-order valence-corrected chi connectivity index (χ0v) is 20.3. The molecule has 184 valence electrons. The second-order valence-corrected chi connectivity index (χ2v) is 8.50. The number of carbonyl (C=O) groups excluding carboxylic acids is 3. The monoisotopic (exact) mass is 484 g/mol. The molecule has 1 N–H and O–H groups in total. The maximum absolute atomic E-state index is 13.1. The van der Waals surface area contributed by atoms with E-state index >= 15 is 0 Å². The number of anilines is 1. The Morgan fingerprint density at radius 3 is 2.28 bits per heavy atom. The van der Waals surface area contributed by atoms with E-state index in [9.17, 15) is 14.4 Å². The SMILES string of the molecule is CCCCOc1ccc(N2C(=O)NC(=O)/C(=C/c3ccc(OCc4cccc(C)c4)cc3)C2=O)cc1. The molecule has 0 saturated carbocycles. The first-order valence-electron chi connectivity index (χ1n) is 11.9. The highest BCUT2D eigenvalue weighted by Crippen LogP contribution is 2.25. The molecule has 7 heteroatoms. The van der Waals surface area contributed by atoms with E-state index in [1.165, 1.54) is 6.08 Å². The maximum Gasteiger partial charge on any atom is 0.335 e. The summed E-state index contributed by atoms with van der Waals surface area (Å²) in [5, 5.41) is 2.24. The first-order valence-corrected chi connectivity index (χ1v) is 11.9. The van der Waals surface area contributed by atoms with Crippen LogP contribution in [0.5, 0.6) is 11.5 Å². The van der Waals surface area contributed by atoms with E-state index in [1.54, 1.807) is 48.5 Å². The molecule has 0 radical (unpaired) electrons. The number of imide groups is 2. The zero-order valence-electron chi connectivity index (χ0n) is 20.3. The molecule has 4 rings (SSSR count). The van der Waals surface area contributed by atoms with Crippen LogP contribution >= 0.6 is 0 Å². The van der Waals surface area contributed by atoms with E-state index in [4.69, 9.17) is 9.47 Å². The fourth-order valence-corrected chi connectivity index (χ4v) is 3.71. The van der Waals surface area contributed by atoms with Crippen LogP contribution < -0.4 is 19.7 Å². The number of nitrogens with zero attached hydrogens (tertiary/aromatic N) is 1. The Kier molecular flexibility index (Phi) is 7.80. The fraction of sp³-hybridized carbons (Fsp3) is 0.207. The first-order chi connectivity index (χ1) is 17.4. The van der Waals surface area contributed by atoms with E-state index in [1.807, 2.05) is 25.1 Å². The number of barbiturate groups is 1. The van der Waals surface area contributed by atoms with Crippen molar-refractivity contribution in [1.29, 1.82) is 0 Å². The van der Waals surface area contributed by atoms with Gasteiger partial charge in [-0.1, -0.05) is 55.3 Å². The summed E-state index contributed by atoms with van der Waals surface area (Å²) in [6.07, 6.45) is 3.42. The van der Waals surface area contributed by atoms with Crippen molar-refractivity contribution in [3.8, 4) is 11.5 Å². The van der Waals surface area contributed by atoms with Crippen molar-refractivity contribution in [2.45, 2.75) is 33.3 Å². The lowest BCUT2D eigenvalue weighted by Gasteiger charge is -2.26. The predicted octanol–water partition coefficient (Wildman–Crippen LogP) is 5.42. The van der Waals surface area contributed by atoms with Gasteiger partial charge in [0.15, 0.2) is 0 Å². The lowest BCUT2D eigenvalue weighted by Crippen LogP contribution is -2.54. The Hall–Kier alpha value is -4.39. The Balaban J connectivity index is 1.46. The lowest BCUT2D eigenvalue weighted by atomic mass is 10.1. The molecule has 1 aliphatic rings. The number of benzene rings is 3. The van der Waals surface area contributed by atoms with Crippen LogP contribution in [0.2, 0.25) is 0 Å². The number of aryl methyl sites for hydroxylation is 1. The average molecular weight is 485 g/mol. The summed E-state index contributed by atoms with van der Waals surface area (Å²) in [4.78, 5) is 39.0. The fourth-order valence-electron chi connectivity index (χ4n) is 3.71. The highest BCUT2D eigenvalue weighted by molar-refractivity contribution is 6.39. The molecular weight excluding hydrogens is 456 g/mol. The molecule has 1 heterocycles. The van der Waals surface area contributed by atoms with Crippen LogP contribution in [0.1, 0.15) is 36.5 Å². The molecule has 0 aliphatic carbocycles. The van der Waals surface area contributed by atoms with E-state index in [-0.39, 0.29) is 5.57 Å². The van der Waals surface area contributed by atoms with E-state index in [2.05, 4.69) is 18.3 Å². The van der Waals surface area contributed by atoms with Gasteiger partial charge in [0.25, 0.3) is 11.8 Å². The molecule has 1 saturated heterocycles. The highest BCUT2D eigenvalue weighted by atomic mass is 16.5. The van der Waals surface area contributed by atoms with Crippen molar-refractivity contribution in [2.75, 3.05) is 11.5 Å². The Morgan fingerprint density at radius 2 is 1.58 bits per heavy atom. The van der Waals surface area contributed by atoms with Crippen LogP contribution in [0.3, 0.4) is 0 Å². The van der Waals surface area contributed by atoms with Gasteiger partial charge >= 0.3 is 6.03 Å². The number of rotatable bonds is 9. The molecule has 0 bridgehead atoms. The van der Waals surface area contributed by atoms with Crippen molar-refractivity contribution >= 4 is 29.6 Å². The molecule has 0 atom stereocenters. The summed E-state index contributed by atoms with van der Waals surface area (Å²) in [7, 11) is 0. The first kappa shape index (κ1) is 24.7. The summed E-state index contributed by atoms with van der Waals surface area (Å²) in [5.74, 6) is -0.117. The molecule has 0 aromatic heterocycles. The van der Waals surface area contributed by atoms with Crippen molar-refractivity contribution in [3.05, 3.63) is 95.1 Å². The van der Waals surface area contributed by atoms with Gasteiger partial charge in [-0.15, -0.1) is 0 Å². The smallest absolute Gasteiger partial charge is 0.335 e. The molecule has 0 unspecified atom stereocenters. The number of amides is 4. The van der Waals surface area contributed by atoms with Gasteiger partial charge < -0.3 is 9.47 Å². The van der Waals surface area contributed by atoms with Crippen LogP contribution in [0, 0.1) is 6.92 Å². The number of hydrogen-bond donors (Lipinski definition) is 1. The molecule has 4 amide bonds. The minimum atomic E-state index is -0.790. The minimum Gasteiger partial charge on any atom is -0.494 e. The third-order valence-corrected chi connectivity index (χ3v) is 5.64.